The first-order valence-electron chi connectivity index (χ1n) is 5.44. The first kappa shape index (κ1) is 16.1. The van der Waals surface area contributed by atoms with Crippen molar-refractivity contribution in [3.8, 4) is 11.5 Å². The van der Waals surface area contributed by atoms with Crippen LogP contribution in [0, 0.1) is 0 Å². The molecule has 7 heteroatoms. The average molecular weight is 390 g/mol. The monoisotopic (exact) mass is 391 g/mol. The Morgan fingerprint density at radius 3 is 2.26 bits per heavy atom. The van der Waals surface area contributed by atoms with Crippen LogP contribution in [0.5, 0.6) is 11.5 Å². The van der Waals surface area contributed by atoms with Gasteiger partial charge >= 0.3 is 127 Å². The molecule has 5 nitrogen and oxygen atoms in total. The molecule has 0 saturated carbocycles. The molecule has 2 radical (unpaired) electrons. The zero-order chi connectivity index (χ0) is 14.3. The quantitative estimate of drug-likeness (QED) is 0.554. The number of hydrogen-bond acceptors (Lipinski definition) is 4. The van der Waals surface area contributed by atoms with Gasteiger partial charge in [0.05, 0.1) is 0 Å². The number of alkyl halides is 1. The second kappa shape index (κ2) is 8.27. The summed E-state index contributed by atoms with van der Waals surface area (Å²) < 4.78 is 10.7. The number of nitrogens with one attached hydrogen (secondary N) is 1. The van der Waals surface area contributed by atoms with E-state index in [1.165, 1.54) is 14.2 Å². The Morgan fingerprint density at radius 2 is 1.79 bits per heavy atom. The van der Waals surface area contributed by atoms with Crippen molar-refractivity contribution in [1.29, 1.82) is 0 Å². The summed E-state index contributed by atoms with van der Waals surface area (Å²) in [6.07, 6.45) is 0. The first-order chi connectivity index (χ1) is 9.10. The van der Waals surface area contributed by atoms with Gasteiger partial charge in [0.2, 0.25) is 0 Å². The van der Waals surface area contributed by atoms with Gasteiger partial charge in [-0.3, -0.25) is 0 Å². The molecule has 19 heavy (non-hydrogen) atoms. The van der Waals surface area contributed by atoms with Crippen LogP contribution in [0.1, 0.15) is 10.4 Å². The van der Waals surface area contributed by atoms with E-state index in [2.05, 4.69) is 5.32 Å². The van der Waals surface area contributed by atoms with E-state index < -0.39 is 21.1 Å². The second-order valence-electron chi connectivity index (χ2n) is 3.52. The molecule has 0 spiro atoms. The number of carbonyl (C=O) groups excluding carboxylic acids is 2. The van der Waals surface area contributed by atoms with E-state index in [1.54, 1.807) is 18.2 Å². The Hall–Kier alpha value is -0.951. The summed E-state index contributed by atoms with van der Waals surface area (Å²) in [5, 5.41) is 2.71. The molecular weight excluding hydrogens is 376 g/mol. The number of rotatable bonds is 7. The fourth-order valence-electron chi connectivity index (χ4n) is 1.31. The number of halogens is 1. The molecule has 1 aromatic carbocycles. The molecule has 1 amide bonds. The molecule has 0 bridgehead atoms. The Balaban J connectivity index is 2.68. The van der Waals surface area contributed by atoms with E-state index in [9.17, 15) is 9.59 Å². The van der Waals surface area contributed by atoms with E-state index in [1.807, 2.05) is 0 Å². The van der Waals surface area contributed by atoms with E-state index in [0.717, 1.165) is 0 Å². The van der Waals surface area contributed by atoms with E-state index in [4.69, 9.17) is 21.1 Å². The predicted octanol–water partition coefficient (Wildman–Crippen LogP) is 0.861. The van der Waals surface area contributed by atoms with Crippen LogP contribution in [-0.2, 0) is 4.79 Å². The van der Waals surface area contributed by atoms with Gasteiger partial charge in [-0.2, -0.15) is 0 Å². The van der Waals surface area contributed by atoms with Gasteiger partial charge in [0.25, 0.3) is 0 Å². The molecule has 0 fully saturated rings. The van der Waals surface area contributed by atoms with Crippen molar-refractivity contribution in [3.63, 3.8) is 0 Å². The van der Waals surface area contributed by atoms with Crippen molar-refractivity contribution in [1.82, 2.24) is 5.32 Å². The SMILES string of the molecule is COc1cc(OC)cc(C(=O)N[CH2][Sn][C](=O)CCl)c1. The van der Waals surface area contributed by atoms with Gasteiger partial charge in [0, 0.05) is 0 Å². The number of hydrogen-bond donors (Lipinski definition) is 1. The van der Waals surface area contributed by atoms with Gasteiger partial charge in [-0.05, 0) is 0 Å². The second-order valence-corrected chi connectivity index (χ2v) is 7.39. The third kappa shape index (κ3) is 5.28. The number of carbonyl (C=O) groups is 2. The summed E-state index contributed by atoms with van der Waals surface area (Å²) in [6.45, 7) is 0. The normalized spacial score (nSPS) is 9.84. The van der Waals surface area contributed by atoms with Crippen molar-refractivity contribution >= 4 is 42.4 Å². The van der Waals surface area contributed by atoms with Gasteiger partial charge in [-0.15, -0.1) is 0 Å². The molecule has 0 heterocycles. The van der Waals surface area contributed by atoms with E-state index >= 15 is 0 Å². The first-order valence-corrected chi connectivity index (χ1v) is 9.42. The third-order valence-electron chi connectivity index (χ3n) is 2.27. The van der Waals surface area contributed by atoms with Crippen LogP contribution in [0.15, 0.2) is 18.2 Å². The molecular formula is C12H14ClNO4Sn. The van der Waals surface area contributed by atoms with Crippen LogP contribution in [0.25, 0.3) is 0 Å². The summed E-state index contributed by atoms with van der Waals surface area (Å²) in [5.41, 5.74) is 0.439. The van der Waals surface area contributed by atoms with Gasteiger partial charge in [0.1, 0.15) is 0 Å². The van der Waals surface area contributed by atoms with Gasteiger partial charge in [-0.1, -0.05) is 0 Å². The minimum atomic E-state index is -1.28. The Morgan fingerprint density at radius 1 is 1.21 bits per heavy atom. The van der Waals surface area contributed by atoms with Crippen LogP contribution in [-0.4, -0.2) is 55.5 Å². The molecule has 0 aliphatic carbocycles. The molecule has 0 saturated heterocycles. The summed E-state index contributed by atoms with van der Waals surface area (Å²) in [5.74, 6) is 0.873. The molecule has 1 N–H and O–H groups in total. The van der Waals surface area contributed by atoms with Gasteiger partial charge < -0.3 is 0 Å². The molecule has 0 unspecified atom stereocenters. The van der Waals surface area contributed by atoms with Crippen molar-refractivity contribution < 1.29 is 19.1 Å². The van der Waals surface area contributed by atoms with Gasteiger partial charge in [0.15, 0.2) is 0 Å². The van der Waals surface area contributed by atoms with E-state index in [0.29, 0.717) is 21.6 Å². The number of amides is 1. The molecule has 0 atom stereocenters. The Kier molecular flexibility index (Phi) is 7.01. The van der Waals surface area contributed by atoms with Gasteiger partial charge in [-0.25, -0.2) is 0 Å². The van der Waals surface area contributed by atoms with E-state index in [-0.39, 0.29) is 15.6 Å². The van der Waals surface area contributed by atoms with Crippen molar-refractivity contribution in [2.75, 3.05) is 24.7 Å². The van der Waals surface area contributed by atoms with Crippen LogP contribution in [0.2, 0.25) is 0 Å². The van der Waals surface area contributed by atoms with Crippen LogP contribution >= 0.6 is 11.6 Å². The van der Waals surface area contributed by atoms with Crippen LogP contribution in [0.4, 0.5) is 0 Å². The fraction of sp³-hybridized carbons (Fsp3) is 0.333. The average Bonchev–Trinajstić information content (AvgIpc) is 2.46. The standard InChI is InChI=1S/C10H12NO3.C2H2ClO.Sn/c1-11-10(12)7-4-8(13-2)6-9(5-7)14-3;3-1-2-4;/h4-6H,1H2,2-3H3,(H,11,12);1H2;. The molecule has 102 valence electrons. The fourth-order valence-corrected chi connectivity index (χ4v) is 3.49. The number of methoxy groups -OCH3 is 2. The summed E-state index contributed by atoms with van der Waals surface area (Å²) in [7, 11) is 3.04. The Bertz CT molecular complexity index is 445. The Labute approximate surface area is 126 Å². The van der Waals surface area contributed by atoms with Crippen molar-refractivity contribution in [3.05, 3.63) is 23.8 Å². The summed E-state index contributed by atoms with van der Waals surface area (Å²) in [4.78, 5) is 23.0. The maximum absolute atomic E-state index is 11.9. The predicted molar refractivity (Wildman–Crippen MR) is 73.4 cm³/mol. The number of ether oxygens (including phenoxy) is 2. The molecule has 0 aliphatic rings. The molecule has 1 aromatic rings. The molecule has 0 aromatic heterocycles. The molecule has 0 aliphatic heterocycles. The maximum atomic E-state index is 11.9. The van der Waals surface area contributed by atoms with Crippen LogP contribution in [0.3, 0.4) is 0 Å². The van der Waals surface area contributed by atoms with Crippen molar-refractivity contribution in [2.45, 2.75) is 0 Å². The minimum absolute atomic E-state index is 0.0367. The summed E-state index contributed by atoms with van der Waals surface area (Å²) >= 11 is 4.13. The zero-order valence-electron chi connectivity index (χ0n) is 10.7. The van der Waals surface area contributed by atoms with Crippen molar-refractivity contribution in [2.24, 2.45) is 0 Å². The molecule has 1 rings (SSSR count). The number of benzene rings is 1. The summed E-state index contributed by atoms with van der Waals surface area (Å²) in [6, 6.07) is 4.92. The topological polar surface area (TPSA) is 64.6 Å². The third-order valence-corrected chi connectivity index (χ3v) is 5.79. The zero-order valence-corrected chi connectivity index (χ0v) is 14.3. The van der Waals surface area contributed by atoms with Crippen LogP contribution < -0.4 is 14.8 Å².